The zero-order valence-corrected chi connectivity index (χ0v) is 16.1. The Labute approximate surface area is 156 Å². The Morgan fingerprint density at radius 2 is 2.20 bits per heavy atom. The van der Waals surface area contributed by atoms with E-state index < -0.39 is 0 Å². The largest absolute Gasteiger partial charge is 0.353 e. The third kappa shape index (κ3) is 4.08. The van der Waals surface area contributed by atoms with Gasteiger partial charge in [-0.25, -0.2) is 9.97 Å². The van der Waals surface area contributed by atoms with E-state index in [-0.39, 0.29) is 11.3 Å². The topological polar surface area (TPSA) is 59.8 Å². The van der Waals surface area contributed by atoms with E-state index in [1.54, 1.807) is 23.9 Å². The maximum atomic E-state index is 12.7. The Morgan fingerprint density at radius 3 is 2.80 bits per heavy atom. The fraction of sp³-hybridized carbons (Fsp3) is 0.611. The van der Waals surface area contributed by atoms with Crippen molar-refractivity contribution in [3.05, 3.63) is 29.8 Å². The second-order valence-electron chi connectivity index (χ2n) is 7.34. The summed E-state index contributed by atoms with van der Waals surface area (Å²) in [6.45, 7) is 2.80. The maximum absolute atomic E-state index is 12.7. The zero-order valence-electron chi connectivity index (χ0n) is 14.5. The highest BCUT2D eigenvalue weighted by Crippen LogP contribution is 2.47. The van der Waals surface area contributed by atoms with Crippen LogP contribution in [0.4, 0.5) is 0 Å². The van der Waals surface area contributed by atoms with Crippen LogP contribution in [0, 0.1) is 12.3 Å². The summed E-state index contributed by atoms with van der Waals surface area (Å²) in [5, 5.41) is 6.08. The van der Waals surface area contributed by atoms with E-state index in [1.165, 1.54) is 4.34 Å². The van der Waals surface area contributed by atoms with Gasteiger partial charge in [-0.05, 0) is 45.4 Å². The van der Waals surface area contributed by atoms with Crippen molar-refractivity contribution in [1.82, 2.24) is 19.9 Å². The first-order valence-corrected chi connectivity index (χ1v) is 10.7. The molecule has 1 N–H and O–H groups in total. The predicted octanol–water partition coefficient (Wildman–Crippen LogP) is 3.65. The van der Waals surface area contributed by atoms with Gasteiger partial charge in [0.15, 0.2) is 0 Å². The molecule has 2 aromatic heterocycles. The van der Waals surface area contributed by atoms with E-state index in [2.05, 4.69) is 20.7 Å². The molecule has 0 aliphatic heterocycles. The maximum Gasteiger partial charge on any atom is 0.228 e. The first-order chi connectivity index (χ1) is 12.1. The zero-order chi connectivity index (χ0) is 17.3. The molecule has 25 heavy (non-hydrogen) atoms. The van der Waals surface area contributed by atoms with Crippen LogP contribution in [0.3, 0.4) is 0 Å². The number of hydrogen-bond donors (Lipinski definition) is 1. The second-order valence-corrected chi connectivity index (χ2v) is 9.74. The fourth-order valence-corrected chi connectivity index (χ4v) is 5.82. The Hall–Kier alpha value is -1.34. The molecule has 0 atom stereocenters. The highest BCUT2D eigenvalue weighted by atomic mass is 32.2. The van der Waals surface area contributed by atoms with E-state index in [0.29, 0.717) is 11.3 Å². The number of rotatable bonds is 6. The SMILES string of the molecule is Cc1csc(SC2CCC(NC(=O)C3(Cn4ccnc4)CC3)CC2)n1. The average Bonchev–Trinajstić information content (AvgIpc) is 2.99. The van der Waals surface area contributed by atoms with Crippen LogP contribution in [-0.4, -0.2) is 31.7 Å². The summed E-state index contributed by atoms with van der Waals surface area (Å²) in [5.74, 6) is 0.243. The van der Waals surface area contributed by atoms with Gasteiger partial charge in [0, 0.05) is 41.3 Å². The molecular formula is C18H24N4OS2. The number of nitrogens with zero attached hydrogens (tertiary/aromatic N) is 3. The van der Waals surface area contributed by atoms with Gasteiger partial charge in [-0.3, -0.25) is 4.79 Å². The molecule has 1 amide bonds. The molecule has 0 aromatic carbocycles. The van der Waals surface area contributed by atoms with Crippen LogP contribution in [0.1, 0.15) is 44.2 Å². The molecule has 2 fully saturated rings. The van der Waals surface area contributed by atoms with Crippen LogP contribution in [-0.2, 0) is 11.3 Å². The quantitative estimate of drug-likeness (QED) is 0.836. The van der Waals surface area contributed by atoms with Crippen molar-refractivity contribution < 1.29 is 4.79 Å². The van der Waals surface area contributed by atoms with Crippen LogP contribution >= 0.6 is 23.1 Å². The number of carbonyl (C=O) groups is 1. The molecular weight excluding hydrogens is 352 g/mol. The lowest BCUT2D eigenvalue weighted by molar-refractivity contribution is -0.127. The Kier molecular flexibility index (Phi) is 4.86. The second kappa shape index (κ2) is 7.11. The highest BCUT2D eigenvalue weighted by Gasteiger charge is 2.50. The monoisotopic (exact) mass is 376 g/mol. The summed E-state index contributed by atoms with van der Waals surface area (Å²) in [7, 11) is 0. The first-order valence-electron chi connectivity index (χ1n) is 8.98. The van der Waals surface area contributed by atoms with Crippen molar-refractivity contribution in [2.24, 2.45) is 5.41 Å². The molecule has 134 valence electrons. The van der Waals surface area contributed by atoms with Crippen molar-refractivity contribution in [3.63, 3.8) is 0 Å². The van der Waals surface area contributed by atoms with Crippen LogP contribution < -0.4 is 5.32 Å². The molecule has 2 aliphatic rings. The summed E-state index contributed by atoms with van der Waals surface area (Å²) in [5.41, 5.74) is 0.922. The van der Waals surface area contributed by atoms with E-state index in [1.807, 2.05) is 29.4 Å². The lowest BCUT2D eigenvalue weighted by Crippen LogP contribution is -2.43. The summed E-state index contributed by atoms with van der Waals surface area (Å²) >= 11 is 3.65. The van der Waals surface area contributed by atoms with Crippen molar-refractivity contribution in [3.8, 4) is 0 Å². The highest BCUT2D eigenvalue weighted by molar-refractivity contribution is 8.01. The van der Waals surface area contributed by atoms with E-state index in [9.17, 15) is 4.79 Å². The summed E-state index contributed by atoms with van der Waals surface area (Å²) < 4.78 is 3.21. The number of amides is 1. The number of aromatic nitrogens is 3. The molecule has 5 nitrogen and oxygen atoms in total. The molecule has 7 heteroatoms. The van der Waals surface area contributed by atoms with Crippen molar-refractivity contribution >= 4 is 29.0 Å². The van der Waals surface area contributed by atoms with E-state index in [0.717, 1.165) is 50.8 Å². The average molecular weight is 377 g/mol. The number of aryl methyl sites for hydroxylation is 1. The summed E-state index contributed by atoms with van der Waals surface area (Å²) in [6, 6.07) is 0.336. The fourth-order valence-electron chi connectivity index (χ4n) is 3.53. The molecule has 0 saturated heterocycles. The number of nitrogens with one attached hydrogen (secondary N) is 1. The third-order valence-electron chi connectivity index (χ3n) is 5.25. The van der Waals surface area contributed by atoms with Gasteiger partial charge in [-0.15, -0.1) is 11.3 Å². The molecule has 0 unspecified atom stereocenters. The van der Waals surface area contributed by atoms with Gasteiger partial charge in [-0.1, -0.05) is 11.8 Å². The van der Waals surface area contributed by atoms with E-state index in [4.69, 9.17) is 0 Å². The molecule has 2 aliphatic carbocycles. The molecule has 0 spiro atoms. The molecule has 0 radical (unpaired) electrons. The predicted molar refractivity (Wildman–Crippen MR) is 101 cm³/mol. The standard InChI is InChI=1S/C18H24N4OS2/c1-13-10-24-17(20-13)25-15-4-2-14(3-5-15)21-16(23)18(6-7-18)11-22-9-8-19-12-22/h8-10,12,14-15H,2-7,11H2,1H3,(H,21,23). The van der Waals surface area contributed by atoms with Crippen LogP contribution in [0.25, 0.3) is 0 Å². The van der Waals surface area contributed by atoms with Crippen LogP contribution in [0.2, 0.25) is 0 Å². The number of hydrogen-bond acceptors (Lipinski definition) is 5. The van der Waals surface area contributed by atoms with Crippen molar-refractivity contribution in [2.75, 3.05) is 0 Å². The minimum atomic E-state index is -0.190. The third-order valence-corrected chi connectivity index (χ3v) is 7.68. The van der Waals surface area contributed by atoms with Crippen molar-refractivity contribution in [2.45, 2.75) is 67.6 Å². The Bertz CT molecular complexity index is 715. The number of thiazole rings is 1. The molecule has 0 bridgehead atoms. The van der Waals surface area contributed by atoms with E-state index >= 15 is 0 Å². The Balaban J connectivity index is 1.25. The lowest BCUT2D eigenvalue weighted by atomic mass is 9.94. The van der Waals surface area contributed by atoms with Crippen LogP contribution in [0.5, 0.6) is 0 Å². The number of thioether (sulfide) groups is 1. The van der Waals surface area contributed by atoms with Gasteiger partial charge >= 0.3 is 0 Å². The van der Waals surface area contributed by atoms with Gasteiger partial charge in [0.2, 0.25) is 5.91 Å². The van der Waals surface area contributed by atoms with Crippen LogP contribution in [0.15, 0.2) is 28.4 Å². The normalized spacial score (nSPS) is 24.8. The minimum absolute atomic E-state index is 0.190. The molecule has 2 aromatic rings. The van der Waals surface area contributed by atoms with Gasteiger partial charge in [0.05, 0.1) is 11.7 Å². The smallest absolute Gasteiger partial charge is 0.228 e. The van der Waals surface area contributed by atoms with Gasteiger partial charge in [0.1, 0.15) is 4.34 Å². The Morgan fingerprint density at radius 1 is 1.40 bits per heavy atom. The molecule has 2 saturated carbocycles. The van der Waals surface area contributed by atoms with Gasteiger partial charge < -0.3 is 9.88 Å². The van der Waals surface area contributed by atoms with Gasteiger partial charge in [0.25, 0.3) is 0 Å². The molecule has 4 rings (SSSR count). The van der Waals surface area contributed by atoms with Crippen molar-refractivity contribution in [1.29, 1.82) is 0 Å². The summed E-state index contributed by atoms with van der Waals surface area (Å²) in [4.78, 5) is 21.4. The van der Waals surface area contributed by atoms with Gasteiger partial charge in [-0.2, -0.15) is 0 Å². The lowest BCUT2D eigenvalue weighted by Gasteiger charge is -2.29. The summed E-state index contributed by atoms with van der Waals surface area (Å²) in [6.07, 6.45) is 12.0. The number of carbonyl (C=O) groups excluding carboxylic acids is 1. The first kappa shape index (κ1) is 17.1. The minimum Gasteiger partial charge on any atom is -0.353 e. The molecule has 2 heterocycles. The number of imidazole rings is 1.